The zero-order valence-electron chi connectivity index (χ0n) is 11.5. The van der Waals surface area contributed by atoms with E-state index in [4.69, 9.17) is 26.8 Å². The largest absolute Gasteiger partial charge is 0.490 e. The number of hydrogen-bond acceptors (Lipinski definition) is 3. The molecule has 0 unspecified atom stereocenters. The smallest absolute Gasteiger partial charge is 0.183 e. The predicted molar refractivity (Wildman–Crippen MR) is 81.6 cm³/mol. The summed E-state index contributed by atoms with van der Waals surface area (Å²) in [6.07, 6.45) is 0.845. The zero-order valence-corrected chi connectivity index (χ0v) is 12.3. The van der Waals surface area contributed by atoms with Crippen LogP contribution in [0, 0.1) is 5.82 Å². The Morgan fingerprint density at radius 1 is 1.00 bits per heavy atom. The zero-order chi connectivity index (χ0) is 15.1. The van der Waals surface area contributed by atoms with Crippen molar-refractivity contribution in [2.75, 3.05) is 19.8 Å². The van der Waals surface area contributed by atoms with Crippen molar-refractivity contribution in [1.82, 2.24) is 0 Å². The van der Waals surface area contributed by atoms with Gasteiger partial charge in [-0.2, -0.15) is 0 Å². The fourth-order valence-electron chi connectivity index (χ4n) is 1.83. The second-order valence-electron chi connectivity index (χ2n) is 4.43. The maximum Gasteiger partial charge on any atom is 0.183 e. The van der Waals surface area contributed by atoms with Crippen molar-refractivity contribution in [3.63, 3.8) is 0 Å². The van der Waals surface area contributed by atoms with Crippen molar-refractivity contribution in [2.24, 2.45) is 5.73 Å². The van der Waals surface area contributed by atoms with E-state index in [2.05, 4.69) is 0 Å². The molecule has 0 saturated carbocycles. The van der Waals surface area contributed by atoms with Crippen LogP contribution in [-0.4, -0.2) is 19.8 Å². The number of ether oxygens (including phenoxy) is 2. The minimum atomic E-state index is -0.551. The van der Waals surface area contributed by atoms with Crippen LogP contribution in [0.25, 0.3) is 0 Å². The first-order valence-electron chi connectivity index (χ1n) is 6.69. The molecule has 0 heterocycles. The highest BCUT2D eigenvalue weighted by atomic mass is 35.5. The van der Waals surface area contributed by atoms with Gasteiger partial charge in [-0.3, -0.25) is 0 Å². The first-order valence-corrected chi connectivity index (χ1v) is 7.07. The minimum absolute atomic E-state index is 0.0453. The van der Waals surface area contributed by atoms with Crippen LogP contribution in [0.15, 0.2) is 42.5 Å². The van der Waals surface area contributed by atoms with E-state index in [1.165, 1.54) is 17.7 Å². The quantitative estimate of drug-likeness (QED) is 0.797. The summed E-state index contributed by atoms with van der Waals surface area (Å²) >= 11 is 5.67. The van der Waals surface area contributed by atoms with Crippen LogP contribution >= 0.6 is 11.6 Å². The monoisotopic (exact) mass is 309 g/mol. The van der Waals surface area contributed by atoms with E-state index in [9.17, 15) is 4.39 Å². The molecular formula is C16H17ClFNO2. The highest BCUT2D eigenvalue weighted by Crippen LogP contribution is 2.23. The maximum absolute atomic E-state index is 13.6. The minimum Gasteiger partial charge on any atom is -0.490 e. The Kier molecular flexibility index (Phi) is 5.84. The molecule has 112 valence electrons. The standard InChI is InChI=1S/C16H17ClFNO2/c17-14-2-1-3-15(16(14)18)21-11-10-20-13-6-4-12(5-7-13)8-9-19/h1-7H,8-11,19H2. The SMILES string of the molecule is NCCc1ccc(OCCOc2cccc(Cl)c2F)cc1. The van der Waals surface area contributed by atoms with E-state index >= 15 is 0 Å². The summed E-state index contributed by atoms with van der Waals surface area (Å²) in [6.45, 7) is 1.18. The topological polar surface area (TPSA) is 44.5 Å². The molecule has 0 atom stereocenters. The molecule has 0 aliphatic rings. The molecule has 0 saturated heterocycles. The Bertz CT molecular complexity index is 575. The summed E-state index contributed by atoms with van der Waals surface area (Å²) in [5, 5.41) is 0.0453. The van der Waals surface area contributed by atoms with Crippen LogP contribution in [0.5, 0.6) is 11.5 Å². The number of benzene rings is 2. The lowest BCUT2D eigenvalue weighted by molar-refractivity contribution is 0.211. The van der Waals surface area contributed by atoms with Gasteiger partial charge in [0, 0.05) is 0 Å². The van der Waals surface area contributed by atoms with Crippen LogP contribution in [0.4, 0.5) is 4.39 Å². The first-order chi connectivity index (χ1) is 10.2. The lowest BCUT2D eigenvalue weighted by Gasteiger charge is -2.10. The molecule has 5 heteroatoms. The molecule has 2 N–H and O–H groups in total. The molecule has 0 spiro atoms. The second-order valence-corrected chi connectivity index (χ2v) is 4.84. The van der Waals surface area contributed by atoms with Gasteiger partial charge in [0.2, 0.25) is 0 Å². The lowest BCUT2D eigenvalue weighted by Crippen LogP contribution is -2.10. The molecule has 0 radical (unpaired) electrons. The summed E-state index contributed by atoms with van der Waals surface area (Å²) in [5.74, 6) is 0.320. The highest BCUT2D eigenvalue weighted by molar-refractivity contribution is 6.30. The maximum atomic E-state index is 13.6. The molecule has 0 aliphatic carbocycles. The number of hydrogen-bond donors (Lipinski definition) is 1. The van der Waals surface area contributed by atoms with Gasteiger partial charge >= 0.3 is 0 Å². The molecule has 0 amide bonds. The fraction of sp³-hybridized carbons (Fsp3) is 0.250. The van der Waals surface area contributed by atoms with Crippen molar-refractivity contribution in [1.29, 1.82) is 0 Å². The first kappa shape index (κ1) is 15.6. The predicted octanol–water partition coefficient (Wildman–Crippen LogP) is 3.44. The summed E-state index contributed by atoms with van der Waals surface area (Å²) in [5.41, 5.74) is 6.66. The fourth-order valence-corrected chi connectivity index (χ4v) is 1.99. The van der Waals surface area contributed by atoms with E-state index < -0.39 is 5.82 Å². The number of rotatable bonds is 7. The number of nitrogens with two attached hydrogens (primary N) is 1. The van der Waals surface area contributed by atoms with Crippen molar-refractivity contribution in [2.45, 2.75) is 6.42 Å². The van der Waals surface area contributed by atoms with E-state index in [0.29, 0.717) is 13.2 Å². The van der Waals surface area contributed by atoms with Crippen LogP contribution < -0.4 is 15.2 Å². The molecule has 0 fully saturated rings. The van der Waals surface area contributed by atoms with Crippen LogP contribution in [0.2, 0.25) is 5.02 Å². The van der Waals surface area contributed by atoms with E-state index in [1.54, 1.807) is 6.07 Å². The summed E-state index contributed by atoms with van der Waals surface area (Å²) in [7, 11) is 0. The van der Waals surface area contributed by atoms with Crippen LogP contribution in [0.1, 0.15) is 5.56 Å². The Morgan fingerprint density at radius 3 is 2.43 bits per heavy atom. The van der Waals surface area contributed by atoms with Crippen molar-refractivity contribution >= 4 is 11.6 Å². The molecule has 0 aromatic heterocycles. The molecule has 3 nitrogen and oxygen atoms in total. The third kappa shape index (κ3) is 4.62. The van der Waals surface area contributed by atoms with Gasteiger partial charge in [-0.05, 0) is 42.8 Å². The van der Waals surface area contributed by atoms with Crippen LogP contribution in [-0.2, 0) is 6.42 Å². The Morgan fingerprint density at radius 2 is 1.71 bits per heavy atom. The summed E-state index contributed by atoms with van der Waals surface area (Å²) in [6, 6.07) is 12.3. The van der Waals surface area contributed by atoms with Gasteiger partial charge in [-0.25, -0.2) is 4.39 Å². The van der Waals surface area contributed by atoms with Gasteiger partial charge in [0.25, 0.3) is 0 Å². The molecule has 2 rings (SSSR count). The molecule has 21 heavy (non-hydrogen) atoms. The van der Waals surface area contributed by atoms with Crippen molar-refractivity contribution in [3.05, 3.63) is 58.9 Å². The van der Waals surface area contributed by atoms with Crippen molar-refractivity contribution in [3.8, 4) is 11.5 Å². The Balaban J connectivity index is 1.78. The molecular weight excluding hydrogens is 293 g/mol. The molecule has 2 aromatic rings. The summed E-state index contributed by atoms with van der Waals surface area (Å²) in [4.78, 5) is 0. The van der Waals surface area contributed by atoms with E-state index in [0.717, 1.165) is 12.2 Å². The third-order valence-corrected chi connectivity index (χ3v) is 3.17. The molecule has 2 aromatic carbocycles. The highest BCUT2D eigenvalue weighted by Gasteiger charge is 2.06. The Hall–Kier alpha value is -1.78. The van der Waals surface area contributed by atoms with Gasteiger partial charge in [0.15, 0.2) is 11.6 Å². The third-order valence-electron chi connectivity index (χ3n) is 2.88. The van der Waals surface area contributed by atoms with Crippen LogP contribution in [0.3, 0.4) is 0 Å². The summed E-state index contributed by atoms with van der Waals surface area (Å²) < 4.78 is 24.4. The second kappa shape index (κ2) is 7.86. The van der Waals surface area contributed by atoms with Crippen molar-refractivity contribution < 1.29 is 13.9 Å². The van der Waals surface area contributed by atoms with Gasteiger partial charge in [0.1, 0.15) is 19.0 Å². The van der Waals surface area contributed by atoms with Gasteiger partial charge in [-0.15, -0.1) is 0 Å². The average molecular weight is 310 g/mol. The normalized spacial score (nSPS) is 10.4. The van der Waals surface area contributed by atoms with Gasteiger partial charge < -0.3 is 15.2 Å². The molecule has 0 aliphatic heterocycles. The molecule has 0 bridgehead atoms. The Labute approximate surface area is 128 Å². The van der Waals surface area contributed by atoms with E-state index in [1.807, 2.05) is 24.3 Å². The van der Waals surface area contributed by atoms with E-state index in [-0.39, 0.29) is 17.4 Å². The lowest BCUT2D eigenvalue weighted by atomic mass is 10.1. The number of halogens is 2. The van der Waals surface area contributed by atoms with Gasteiger partial charge in [0.05, 0.1) is 5.02 Å². The average Bonchev–Trinajstić information content (AvgIpc) is 2.50. The van der Waals surface area contributed by atoms with Gasteiger partial charge in [-0.1, -0.05) is 29.8 Å².